The number of nitrogens with one attached hydrogen (secondary N) is 1. The second-order valence-electron chi connectivity index (χ2n) is 3.15. The Morgan fingerprint density at radius 1 is 1.38 bits per heavy atom. The molecule has 0 radical (unpaired) electrons. The van der Waals surface area contributed by atoms with Gasteiger partial charge in [0.2, 0.25) is 5.88 Å². The zero-order valence-electron chi connectivity index (χ0n) is 9.62. The van der Waals surface area contributed by atoms with Crippen LogP contribution in [0, 0.1) is 0 Å². The van der Waals surface area contributed by atoms with E-state index in [2.05, 4.69) is 10.3 Å². The molecule has 0 fully saturated rings. The van der Waals surface area contributed by atoms with Crippen LogP contribution in [0.5, 0.6) is 5.88 Å². The van der Waals surface area contributed by atoms with E-state index >= 15 is 0 Å². The maximum Gasteiger partial charge on any atom is 0.213 e. The number of halogens is 1. The van der Waals surface area contributed by atoms with Gasteiger partial charge in [0.15, 0.2) is 0 Å². The van der Waals surface area contributed by atoms with E-state index in [1.165, 1.54) is 0 Å². The Balaban J connectivity index is 2.50. The van der Waals surface area contributed by atoms with E-state index < -0.39 is 0 Å². The van der Waals surface area contributed by atoms with Crippen molar-refractivity contribution in [1.29, 1.82) is 0 Å². The van der Waals surface area contributed by atoms with E-state index in [4.69, 9.17) is 21.1 Å². The molecule has 0 bridgehead atoms. The molecule has 0 unspecified atom stereocenters. The SMILES string of the molecule is CCOCCOc1ccc(Cl)c(CNC)n1. The summed E-state index contributed by atoms with van der Waals surface area (Å²) in [5.74, 6) is 0.578. The molecule has 0 saturated carbocycles. The molecule has 0 aliphatic carbocycles. The molecule has 1 rings (SSSR count). The Kier molecular flexibility index (Phi) is 6.15. The van der Waals surface area contributed by atoms with Crippen molar-refractivity contribution in [3.63, 3.8) is 0 Å². The summed E-state index contributed by atoms with van der Waals surface area (Å²) in [6.45, 7) is 4.35. The highest BCUT2D eigenvalue weighted by atomic mass is 35.5. The van der Waals surface area contributed by atoms with Crippen LogP contribution in [0.25, 0.3) is 0 Å². The van der Waals surface area contributed by atoms with Gasteiger partial charge in [0, 0.05) is 19.2 Å². The predicted octanol–water partition coefficient (Wildman–Crippen LogP) is 1.87. The number of aromatic nitrogens is 1. The highest BCUT2D eigenvalue weighted by molar-refractivity contribution is 6.31. The van der Waals surface area contributed by atoms with E-state index in [0.29, 0.717) is 37.3 Å². The van der Waals surface area contributed by atoms with E-state index in [9.17, 15) is 0 Å². The Bertz CT molecular complexity index is 321. The first-order valence-corrected chi connectivity index (χ1v) is 5.66. The van der Waals surface area contributed by atoms with Gasteiger partial charge in [-0.05, 0) is 20.0 Å². The lowest BCUT2D eigenvalue weighted by atomic mass is 10.3. The van der Waals surface area contributed by atoms with Gasteiger partial charge >= 0.3 is 0 Å². The van der Waals surface area contributed by atoms with Crippen LogP contribution in [0.2, 0.25) is 5.02 Å². The van der Waals surface area contributed by atoms with Gasteiger partial charge in [0.05, 0.1) is 17.3 Å². The maximum atomic E-state index is 5.98. The summed E-state index contributed by atoms with van der Waals surface area (Å²) in [6.07, 6.45) is 0. The first kappa shape index (κ1) is 13.2. The molecule has 1 aromatic heterocycles. The molecule has 16 heavy (non-hydrogen) atoms. The van der Waals surface area contributed by atoms with Crippen LogP contribution in [-0.4, -0.2) is 31.9 Å². The molecule has 1 N–H and O–H groups in total. The second-order valence-corrected chi connectivity index (χ2v) is 3.56. The van der Waals surface area contributed by atoms with E-state index in [-0.39, 0.29) is 0 Å². The second kappa shape index (κ2) is 7.44. The number of rotatable bonds is 7. The minimum atomic E-state index is 0.501. The summed E-state index contributed by atoms with van der Waals surface area (Å²) in [5.41, 5.74) is 0.790. The van der Waals surface area contributed by atoms with Crippen LogP contribution in [0.4, 0.5) is 0 Å². The Morgan fingerprint density at radius 3 is 2.88 bits per heavy atom. The summed E-state index contributed by atoms with van der Waals surface area (Å²) < 4.78 is 10.6. The van der Waals surface area contributed by atoms with E-state index in [1.54, 1.807) is 12.1 Å². The van der Waals surface area contributed by atoms with Crippen molar-refractivity contribution in [3.05, 3.63) is 22.8 Å². The van der Waals surface area contributed by atoms with Crippen molar-refractivity contribution in [2.75, 3.05) is 26.9 Å². The number of pyridine rings is 1. The minimum Gasteiger partial charge on any atom is -0.475 e. The van der Waals surface area contributed by atoms with E-state index in [1.807, 2.05) is 14.0 Å². The lowest BCUT2D eigenvalue weighted by molar-refractivity contribution is 0.108. The van der Waals surface area contributed by atoms with Gasteiger partial charge in [-0.1, -0.05) is 11.6 Å². The van der Waals surface area contributed by atoms with Gasteiger partial charge in [-0.25, -0.2) is 4.98 Å². The fraction of sp³-hybridized carbons (Fsp3) is 0.545. The van der Waals surface area contributed by atoms with Crippen LogP contribution < -0.4 is 10.1 Å². The molecule has 0 saturated heterocycles. The summed E-state index contributed by atoms with van der Waals surface area (Å²) in [7, 11) is 1.85. The topological polar surface area (TPSA) is 43.4 Å². The number of nitrogens with zero attached hydrogens (tertiary/aromatic N) is 1. The number of hydrogen-bond acceptors (Lipinski definition) is 4. The maximum absolute atomic E-state index is 5.98. The van der Waals surface area contributed by atoms with Gasteiger partial charge in [0.25, 0.3) is 0 Å². The molecule has 90 valence electrons. The van der Waals surface area contributed by atoms with Gasteiger partial charge in [-0.2, -0.15) is 0 Å². The Hall–Kier alpha value is -0.840. The fourth-order valence-electron chi connectivity index (χ4n) is 1.19. The van der Waals surface area contributed by atoms with Crippen molar-refractivity contribution in [2.45, 2.75) is 13.5 Å². The van der Waals surface area contributed by atoms with Crippen molar-refractivity contribution >= 4 is 11.6 Å². The molecule has 5 heteroatoms. The fourth-order valence-corrected chi connectivity index (χ4v) is 1.36. The number of ether oxygens (including phenoxy) is 2. The molecule has 4 nitrogen and oxygen atoms in total. The summed E-state index contributed by atoms with van der Waals surface area (Å²) in [6, 6.07) is 3.55. The first-order chi connectivity index (χ1) is 7.77. The van der Waals surface area contributed by atoms with Gasteiger partial charge in [-0.3, -0.25) is 0 Å². The Morgan fingerprint density at radius 2 is 2.19 bits per heavy atom. The van der Waals surface area contributed by atoms with Crippen molar-refractivity contribution in [2.24, 2.45) is 0 Å². The van der Waals surface area contributed by atoms with Gasteiger partial charge in [-0.15, -0.1) is 0 Å². The molecule has 0 aliphatic heterocycles. The van der Waals surface area contributed by atoms with Crippen LogP contribution in [0.1, 0.15) is 12.6 Å². The highest BCUT2D eigenvalue weighted by Gasteiger charge is 2.03. The lowest BCUT2D eigenvalue weighted by Gasteiger charge is -2.08. The van der Waals surface area contributed by atoms with Gasteiger partial charge < -0.3 is 14.8 Å². The summed E-state index contributed by atoms with van der Waals surface area (Å²) >= 11 is 5.98. The zero-order chi connectivity index (χ0) is 11.8. The molecule has 0 aromatic carbocycles. The first-order valence-electron chi connectivity index (χ1n) is 5.28. The molecular formula is C11H17ClN2O2. The quantitative estimate of drug-likeness (QED) is 0.744. The third kappa shape index (κ3) is 4.35. The monoisotopic (exact) mass is 244 g/mol. The van der Waals surface area contributed by atoms with Crippen LogP contribution in [0.15, 0.2) is 12.1 Å². The summed E-state index contributed by atoms with van der Waals surface area (Å²) in [5, 5.41) is 3.65. The molecule has 1 aromatic rings. The molecule has 0 amide bonds. The Labute approximate surface area is 101 Å². The van der Waals surface area contributed by atoms with Crippen molar-refractivity contribution in [3.8, 4) is 5.88 Å². The third-order valence-electron chi connectivity index (χ3n) is 1.92. The number of hydrogen-bond donors (Lipinski definition) is 1. The smallest absolute Gasteiger partial charge is 0.213 e. The average molecular weight is 245 g/mol. The lowest BCUT2D eigenvalue weighted by Crippen LogP contribution is -2.10. The van der Waals surface area contributed by atoms with Crippen molar-refractivity contribution in [1.82, 2.24) is 10.3 Å². The standard InChI is InChI=1S/C11H17ClN2O2/c1-3-15-6-7-16-11-5-4-9(12)10(14-11)8-13-2/h4-5,13H,3,6-8H2,1-2H3. The van der Waals surface area contributed by atoms with Crippen LogP contribution in [-0.2, 0) is 11.3 Å². The van der Waals surface area contributed by atoms with Crippen LogP contribution >= 0.6 is 11.6 Å². The minimum absolute atomic E-state index is 0.501. The summed E-state index contributed by atoms with van der Waals surface area (Å²) in [4.78, 5) is 4.29. The van der Waals surface area contributed by atoms with E-state index in [0.717, 1.165) is 5.69 Å². The van der Waals surface area contributed by atoms with Crippen molar-refractivity contribution < 1.29 is 9.47 Å². The molecule has 1 heterocycles. The molecule has 0 atom stereocenters. The molecular weight excluding hydrogens is 228 g/mol. The van der Waals surface area contributed by atoms with Gasteiger partial charge in [0.1, 0.15) is 6.61 Å². The van der Waals surface area contributed by atoms with Crippen LogP contribution in [0.3, 0.4) is 0 Å². The normalized spacial score (nSPS) is 10.4. The predicted molar refractivity (Wildman–Crippen MR) is 64.0 cm³/mol. The zero-order valence-corrected chi connectivity index (χ0v) is 10.4. The third-order valence-corrected chi connectivity index (χ3v) is 2.26. The largest absolute Gasteiger partial charge is 0.475 e. The molecule has 0 aliphatic rings. The molecule has 0 spiro atoms. The average Bonchev–Trinajstić information content (AvgIpc) is 2.29. The highest BCUT2D eigenvalue weighted by Crippen LogP contribution is 2.17.